The maximum Gasteiger partial charge on any atom is 0.331 e. The molecular weight excluding hydrogens is 432 g/mol. The molecule has 0 radical (unpaired) electrons. The van der Waals surface area contributed by atoms with Crippen LogP contribution in [0.3, 0.4) is 0 Å². The van der Waals surface area contributed by atoms with Gasteiger partial charge in [-0.3, -0.25) is 0 Å². The second-order valence-corrected chi connectivity index (χ2v) is 11.1. The first kappa shape index (κ1) is 27.8. The summed E-state index contributed by atoms with van der Waals surface area (Å²) in [4.78, 5) is 12.3. The lowest BCUT2D eigenvalue weighted by molar-refractivity contribution is 0.228. The number of unbranched alkanes of at least 4 members (excludes halogenated alkanes) is 7. The highest BCUT2D eigenvalue weighted by molar-refractivity contribution is 7.89. The quantitative estimate of drug-likeness (QED) is 0.286. The summed E-state index contributed by atoms with van der Waals surface area (Å²) in [6.07, 6.45) is 12.3. The summed E-state index contributed by atoms with van der Waals surface area (Å²) in [5.41, 5.74) is 0.677. The molecule has 0 aliphatic heterocycles. The van der Waals surface area contributed by atoms with Gasteiger partial charge in [0.1, 0.15) is 0 Å². The zero-order valence-electron chi connectivity index (χ0n) is 19.8. The van der Waals surface area contributed by atoms with E-state index in [1.54, 1.807) is 12.1 Å². The van der Waals surface area contributed by atoms with Crippen LogP contribution in [0.2, 0.25) is 5.02 Å². The van der Waals surface area contributed by atoms with E-state index >= 15 is 0 Å². The van der Waals surface area contributed by atoms with E-state index in [2.05, 4.69) is 19.2 Å². The van der Waals surface area contributed by atoms with Crippen LogP contribution in [0.4, 0.5) is 4.79 Å². The Labute approximate surface area is 195 Å². The van der Waals surface area contributed by atoms with Gasteiger partial charge in [0, 0.05) is 18.6 Å². The molecule has 0 aromatic heterocycles. The van der Waals surface area contributed by atoms with E-state index in [0.29, 0.717) is 23.6 Å². The molecule has 0 heterocycles. The average Bonchev–Trinajstić information content (AvgIpc) is 2.72. The Balaban J connectivity index is 2.55. The molecule has 31 heavy (non-hydrogen) atoms. The van der Waals surface area contributed by atoms with E-state index in [-0.39, 0.29) is 4.90 Å². The number of aryl methyl sites for hydroxylation is 1. The summed E-state index contributed by atoms with van der Waals surface area (Å²) in [5, 5.41) is 3.12. The van der Waals surface area contributed by atoms with Crippen LogP contribution in [0.1, 0.15) is 90.5 Å². The monoisotopic (exact) mass is 472 g/mol. The van der Waals surface area contributed by atoms with E-state index in [4.69, 9.17) is 11.6 Å². The minimum Gasteiger partial charge on any atom is -0.337 e. The molecule has 0 saturated carbocycles. The number of carbonyl (C=O) groups excluding carboxylic acids is 1. The van der Waals surface area contributed by atoms with Crippen LogP contribution in [0, 0.1) is 5.92 Å². The number of hydrogen-bond acceptors (Lipinski definition) is 3. The second kappa shape index (κ2) is 14.7. The number of sulfonamides is 1. The first-order valence-corrected chi connectivity index (χ1v) is 13.6. The van der Waals surface area contributed by atoms with Gasteiger partial charge in [0.05, 0.1) is 4.90 Å². The number of nitrogens with one attached hydrogen (secondary N) is 1. The Kier molecular flexibility index (Phi) is 13.2. The minimum atomic E-state index is -3.92. The number of nitrogens with zero attached hydrogens (tertiary/aromatic N) is 1. The zero-order valence-corrected chi connectivity index (χ0v) is 21.3. The summed E-state index contributed by atoms with van der Waals surface area (Å²) in [6, 6.07) is 4.17. The zero-order chi connectivity index (χ0) is 23.3. The predicted molar refractivity (Wildman–Crippen MR) is 130 cm³/mol. The average molecular weight is 473 g/mol. The Morgan fingerprint density at radius 2 is 1.61 bits per heavy atom. The SMILES string of the molecule is CCCNC(=O)N(C)S(=O)(=O)c1ccc(Cl)cc1CCCCCCCCCCC(C)C. The molecule has 178 valence electrons. The Morgan fingerprint density at radius 3 is 2.19 bits per heavy atom. The third-order valence-corrected chi connectivity index (χ3v) is 7.53. The van der Waals surface area contributed by atoms with Gasteiger partial charge in [-0.2, -0.15) is 0 Å². The molecule has 2 amide bonds. The summed E-state index contributed by atoms with van der Waals surface area (Å²) in [7, 11) is -2.63. The van der Waals surface area contributed by atoms with Crippen molar-refractivity contribution in [3.05, 3.63) is 28.8 Å². The smallest absolute Gasteiger partial charge is 0.331 e. The maximum atomic E-state index is 13.0. The Morgan fingerprint density at radius 1 is 1.03 bits per heavy atom. The van der Waals surface area contributed by atoms with Gasteiger partial charge < -0.3 is 5.32 Å². The molecule has 0 fully saturated rings. The number of carbonyl (C=O) groups is 1. The molecule has 1 rings (SSSR count). The van der Waals surface area contributed by atoms with Crippen LogP contribution in [0.15, 0.2) is 23.1 Å². The largest absolute Gasteiger partial charge is 0.337 e. The molecule has 1 aromatic carbocycles. The van der Waals surface area contributed by atoms with Gasteiger partial charge in [-0.15, -0.1) is 0 Å². The van der Waals surface area contributed by atoms with Gasteiger partial charge in [0.25, 0.3) is 10.0 Å². The first-order valence-electron chi connectivity index (χ1n) is 11.7. The summed E-state index contributed by atoms with van der Waals surface area (Å²) in [5.74, 6) is 0.797. The van der Waals surface area contributed by atoms with Gasteiger partial charge in [0.2, 0.25) is 0 Å². The van der Waals surface area contributed by atoms with E-state index in [9.17, 15) is 13.2 Å². The van der Waals surface area contributed by atoms with Gasteiger partial charge in [-0.05, 0) is 48.9 Å². The van der Waals surface area contributed by atoms with Crippen LogP contribution in [0.25, 0.3) is 0 Å². The lowest BCUT2D eigenvalue weighted by Crippen LogP contribution is -2.41. The molecule has 7 heteroatoms. The summed E-state index contributed by atoms with van der Waals surface area (Å²) in [6.45, 7) is 6.90. The molecule has 0 aliphatic carbocycles. The minimum absolute atomic E-state index is 0.163. The highest BCUT2D eigenvalue weighted by Crippen LogP contribution is 2.25. The number of amides is 2. The van der Waals surface area contributed by atoms with Crippen molar-refractivity contribution in [3.63, 3.8) is 0 Å². The van der Waals surface area contributed by atoms with Gasteiger partial charge in [-0.25, -0.2) is 17.5 Å². The molecule has 1 aromatic rings. The highest BCUT2D eigenvalue weighted by atomic mass is 35.5. The van der Waals surface area contributed by atoms with Crippen molar-refractivity contribution < 1.29 is 13.2 Å². The molecule has 0 saturated heterocycles. The number of halogens is 1. The molecular formula is C24H41ClN2O3S. The van der Waals surface area contributed by atoms with Crippen molar-refractivity contribution >= 4 is 27.7 Å². The molecule has 1 N–H and O–H groups in total. The summed E-state index contributed by atoms with van der Waals surface area (Å²) < 4.78 is 26.8. The Hall–Kier alpha value is -1.27. The maximum absolute atomic E-state index is 13.0. The standard InChI is InChI=1S/C24H41ClN2O3S/c1-5-18-26-24(28)27(4)31(29,30)23-17-16-22(25)19-21(23)15-13-11-9-7-6-8-10-12-14-20(2)3/h16-17,19-20H,5-15,18H2,1-4H3,(H,26,28). The van der Waals surface area contributed by atoms with E-state index in [1.165, 1.54) is 51.6 Å². The fourth-order valence-electron chi connectivity index (χ4n) is 3.52. The number of benzene rings is 1. The van der Waals surface area contributed by atoms with Gasteiger partial charge in [0.15, 0.2) is 0 Å². The van der Waals surface area contributed by atoms with Crippen molar-refractivity contribution in [2.45, 2.75) is 96.3 Å². The third-order valence-electron chi connectivity index (χ3n) is 5.45. The number of hydrogen-bond donors (Lipinski definition) is 1. The summed E-state index contributed by atoms with van der Waals surface area (Å²) >= 11 is 6.13. The topological polar surface area (TPSA) is 66.5 Å². The van der Waals surface area contributed by atoms with E-state index in [0.717, 1.165) is 35.9 Å². The van der Waals surface area contributed by atoms with Crippen LogP contribution < -0.4 is 5.32 Å². The predicted octanol–water partition coefficient (Wildman–Crippen LogP) is 6.79. The van der Waals surface area contributed by atoms with Crippen molar-refractivity contribution in [2.24, 2.45) is 5.92 Å². The molecule has 5 nitrogen and oxygen atoms in total. The molecule has 0 unspecified atom stereocenters. The van der Waals surface area contributed by atoms with Gasteiger partial charge in [-0.1, -0.05) is 83.7 Å². The second-order valence-electron chi connectivity index (χ2n) is 8.72. The Bertz CT molecular complexity index is 766. The van der Waals surface area contributed by atoms with Crippen LogP contribution in [0.5, 0.6) is 0 Å². The van der Waals surface area contributed by atoms with Crippen LogP contribution in [-0.2, 0) is 16.4 Å². The fourth-order valence-corrected chi connectivity index (χ4v) is 5.03. The number of urea groups is 1. The van der Waals surface area contributed by atoms with Crippen molar-refractivity contribution in [2.75, 3.05) is 13.6 Å². The fraction of sp³-hybridized carbons (Fsp3) is 0.708. The molecule has 0 atom stereocenters. The van der Waals surface area contributed by atoms with E-state index < -0.39 is 16.1 Å². The van der Waals surface area contributed by atoms with Crippen molar-refractivity contribution in [1.82, 2.24) is 9.62 Å². The highest BCUT2D eigenvalue weighted by Gasteiger charge is 2.27. The molecule has 0 bridgehead atoms. The normalized spacial score (nSPS) is 11.7. The third kappa shape index (κ3) is 10.3. The van der Waals surface area contributed by atoms with Crippen molar-refractivity contribution in [1.29, 1.82) is 0 Å². The van der Waals surface area contributed by atoms with Crippen molar-refractivity contribution in [3.8, 4) is 0 Å². The number of rotatable bonds is 15. The van der Waals surface area contributed by atoms with E-state index in [1.807, 2.05) is 6.92 Å². The molecule has 0 aliphatic rings. The van der Waals surface area contributed by atoms with Crippen LogP contribution in [-0.4, -0.2) is 32.3 Å². The van der Waals surface area contributed by atoms with Gasteiger partial charge >= 0.3 is 6.03 Å². The lowest BCUT2D eigenvalue weighted by atomic mass is 10.0. The van der Waals surface area contributed by atoms with Crippen LogP contribution >= 0.6 is 11.6 Å². The molecule has 0 spiro atoms. The first-order chi connectivity index (χ1) is 14.7. The lowest BCUT2D eigenvalue weighted by Gasteiger charge is -2.20.